The number of hydrogen-bond donors (Lipinski definition) is 1. The van der Waals surface area contributed by atoms with E-state index in [4.69, 9.17) is 5.11 Å². The molecule has 1 unspecified atom stereocenters. The van der Waals surface area contributed by atoms with Crippen LogP contribution in [0.4, 0.5) is 17.6 Å². The van der Waals surface area contributed by atoms with Gasteiger partial charge in [-0.1, -0.05) is 54.6 Å². The third-order valence-corrected chi connectivity index (χ3v) is 7.29. The fraction of sp³-hybridized carbons (Fsp3) is 0.182. The normalized spacial score (nSPS) is 13.2. The number of rotatable bonds is 6. The highest BCUT2D eigenvalue weighted by molar-refractivity contribution is 7.97. The second kappa shape index (κ2) is 10.5. The van der Waals surface area contributed by atoms with Crippen molar-refractivity contribution in [3.05, 3.63) is 91.0 Å². The van der Waals surface area contributed by atoms with Gasteiger partial charge in [-0.25, -0.2) is 8.42 Å². The molecule has 1 N–H and O–H groups in total. The average Bonchev–Trinajstić information content (AvgIpc) is 2.76. The molecule has 0 aliphatic heterocycles. The van der Waals surface area contributed by atoms with Crippen LogP contribution >= 0.6 is 0 Å². The lowest BCUT2D eigenvalue weighted by Crippen LogP contribution is -2.53. The van der Waals surface area contributed by atoms with E-state index in [0.717, 1.165) is 0 Å². The SMILES string of the molecule is CC(O)C(F)(F)C(F)(F)S(=O)(=O)[O-].c1ccc([S+](c2ccccc2)c2ccccc2)cc1. The van der Waals surface area contributed by atoms with Gasteiger partial charge in [0.25, 0.3) is 0 Å². The Kier molecular flexibility index (Phi) is 8.47. The van der Waals surface area contributed by atoms with E-state index in [2.05, 4.69) is 91.0 Å². The van der Waals surface area contributed by atoms with Crippen molar-refractivity contribution >= 4 is 21.0 Å². The summed E-state index contributed by atoms with van der Waals surface area (Å²) in [5, 5.41) is 2.33. The fourth-order valence-corrected chi connectivity index (χ4v) is 5.10. The maximum Gasteiger partial charge on any atom is 0.398 e. The molecule has 0 bridgehead atoms. The fourth-order valence-electron chi connectivity index (χ4n) is 2.49. The van der Waals surface area contributed by atoms with Crippen LogP contribution in [-0.4, -0.2) is 35.4 Å². The molecular weight excluding hydrogens is 468 g/mol. The summed E-state index contributed by atoms with van der Waals surface area (Å²) < 4.78 is 77.9. The second-order valence-electron chi connectivity index (χ2n) is 6.52. The minimum Gasteiger partial charge on any atom is -0.743 e. The molecule has 3 aromatic rings. The summed E-state index contributed by atoms with van der Waals surface area (Å²) >= 11 is 0. The molecule has 0 amide bonds. The van der Waals surface area contributed by atoms with Crippen molar-refractivity contribution in [1.82, 2.24) is 0 Å². The molecule has 0 saturated carbocycles. The first kappa shape index (κ1) is 25.9. The summed E-state index contributed by atoms with van der Waals surface area (Å²) in [6.45, 7) is 0.249. The maximum absolute atomic E-state index is 12.2. The summed E-state index contributed by atoms with van der Waals surface area (Å²) in [6, 6.07) is 32.2. The predicted octanol–water partition coefficient (Wildman–Crippen LogP) is 4.92. The van der Waals surface area contributed by atoms with E-state index in [9.17, 15) is 30.5 Å². The monoisotopic (exact) mass is 488 g/mol. The summed E-state index contributed by atoms with van der Waals surface area (Å²) in [5.41, 5.74) is 0. The number of alkyl halides is 4. The first-order chi connectivity index (χ1) is 14.9. The Morgan fingerprint density at radius 3 is 1.22 bits per heavy atom. The second-order valence-corrected chi connectivity index (χ2v) is 9.96. The van der Waals surface area contributed by atoms with Crippen LogP contribution in [0.15, 0.2) is 106 Å². The largest absolute Gasteiger partial charge is 0.743 e. The molecule has 0 heterocycles. The molecule has 0 aliphatic rings. The van der Waals surface area contributed by atoms with E-state index >= 15 is 0 Å². The number of halogens is 4. The smallest absolute Gasteiger partial charge is 0.398 e. The minimum atomic E-state index is -6.50. The van der Waals surface area contributed by atoms with Crippen LogP contribution in [-0.2, 0) is 21.0 Å². The van der Waals surface area contributed by atoms with E-state index in [1.54, 1.807) is 0 Å². The topological polar surface area (TPSA) is 77.4 Å². The Bertz CT molecular complexity index is 985. The van der Waals surface area contributed by atoms with Crippen LogP contribution in [0, 0.1) is 0 Å². The molecule has 0 saturated heterocycles. The van der Waals surface area contributed by atoms with Gasteiger partial charge in [-0.2, -0.15) is 17.6 Å². The van der Waals surface area contributed by atoms with Crippen molar-refractivity contribution < 1.29 is 35.6 Å². The number of aliphatic hydroxyl groups is 1. The summed E-state index contributed by atoms with van der Waals surface area (Å²) in [4.78, 5) is 4.08. The van der Waals surface area contributed by atoms with Crippen molar-refractivity contribution in [2.75, 3.05) is 0 Å². The zero-order valence-electron chi connectivity index (χ0n) is 16.7. The summed E-state index contributed by atoms with van der Waals surface area (Å²) in [7, 11) is -6.51. The molecule has 172 valence electrons. The van der Waals surface area contributed by atoms with Gasteiger partial charge in [0.05, 0.1) is 10.9 Å². The van der Waals surface area contributed by atoms with Gasteiger partial charge in [-0.3, -0.25) is 0 Å². The van der Waals surface area contributed by atoms with E-state index < -0.39 is 27.4 Å². The van der Waals surface area contributed by atoms with Crippen molar-refractivity contribution in [2.24, 2.45) is 0 Å². The highest BCUT2D eigenvalue weighted by atomic mass is 32.2. The lowest BCUT2D eigenvalue weighted by atomic mass is 10.2. The van der Waals surface area contributed by atoms with Crippen LogP contribution in [0.2, 0.25) is 0 Å². The Morgan fingerprint density at radius 2 is 1.03 bits per heavy atom. The van der Waals surface area contributed by atoms with Crippen LogP contribution in [0.25, 0.3) is 0 Å². The molecule has 0 spiro atoms. The Labute approximate surface area is 186 Å². The van der Waals surface area contributed by atoms with Gasteiger partial charge in [-0.05, 0) is 43.3 Å². The third kappa shape index (κ3) is 5.89. The first-order valence-corrected chi connectivity index (χ1v) is 11.8. The molecular formula is C22H20F4O4S2. The molecule has 0 radical (unpaired) electrons. The highest BCUT2D eigenvalue weighted by Crippen LogP contribution is 2.40. The Balaban J connectivity index is 0.000000247. The molecule has 0 aromatic heterocycles. The van der Waals surface area contributed by atoms with Gasteiger partial charge >= 0.3 is 11.2 Å². The third-order valence-electron chi connectivity index (χ3n) is 4.16. The van der Waals surface area contributed by atoms with E-state index in [1.165, 1.54) is 14.7 Å². The molecule has 32 heavy (non-hydrogen) atoms. The number of hydrogen-bond acceptors (Lipinski definition) is 4. The lowest BCUT2D eigenvalue weighted by molar-refractivity contribution is -0.210. The van der Waals surface area contributed by atoms with E-state index in [0.29, 0.717) is 0 Å². The molecule has 10 heteroatoms. The molecule has 4 nitrogen and oxygen atoms in total. The zero-order chi connectivity index (χ0) is 24.0. The van der Waals surface area contributed by atoms with Crippen LogP contribution in [0.3, 0.4) is 0 Å². The van der Waals surface area contributed by atoms with E-state index in [1.807, 2.05) is 0 Å². The summed E-state index contributed by atoms with van der Waals surface area (Å²) in [5.74, 6) is -5.30. The predicted molar refractivity (Wildman–Crippen MR) is 113 cm³/mol. The molecule has 3 rings (SSSR count). The number of benzene rings is 3. The van der Waals surface area contributed by atoms with Gasteiger partial charge in [0.1, 0.15) is 6.10 Å². The van der Waals surface area contributed by atoms with Crippen molar-refractivity contribution in [3.8, 4) is 0 Å². The maximum atomic E-state index is 12.2. The van der Waals surface area contributed by atoms with Crippen LogP contribution in [0.5, 0.6) is 0 Å². The Morgan fingerprint density at radius 1 is 0.750 bits per heavy atom. The van der Waals surface area contributed by atoms with Crippen molar-refractivity contribution in [2.45, 2.75) is 38.9 Å². The first-order valence-electron chi connectivity index (χ1n) is 9.18. The minimum absolute atomic E-state index is 0.0146. The number of aliphatic hydroxyl groups excluding tert-OH is 1. The van der Waals surface area contributed by atoms with Gasteiger partial charge in [0, 0.05) is 0 Å². The Hall–Kier alpha value is -2.40. The molecule has 1 atom stereocenters. The van der Waals surface area contributed by atoms with Crippen LogP contribution in [0.1, 0.15) is 6.92 Å². The molecule has 0 aliphatic carbocycles. The standard InChI is InChI=1S/C18H15S.C4H6F4O4S/c1-4-10-16(11-5-1)19(17-12-6-2-7-13-17)18-14-8-3-9-15-18;1-2(9)3(5,6)4(7,8)13(10,11)12/h1-15H;2,9H,1H3,(H,10,11,12)/q+1;/p-1. The quantitative estimate of drug-likeness (QED) is 0.304. The zero-order valence-corrected chi connectivity index (χ0v) is 18.4. The lowest BCUT2D eigenvalue weighted by Gasteiger charge is -2.29. The van der Waals surface area contributed by atoms with Crippen molar-refractivity contribution in [3.63, 3.8) is 0 Å². The van der Waals surface area contributed by atoms with Crippen LogP contribution < -0.4 is 0 Å². The molecule has 0 fully saturated rings. The van der Waals surface area contributed by atoms with E-state index in [-0.39, 0.29) is 17.8 Å². The van der Waals surface area contributed by atoms with Gasteiger partial charge in [0.15, 0.2) is 24.8 Å². The van der Waals surface area contributed by atoms with Gasteiger partial charge < -0.3 is 9.66 Å². The molecule has 3 aromatic carbocycles. The average molecular weight is 489 g/mol. The van der Waals surface area contributed by atoms with Crippen molar-refractivity contribution in [1.29, 1.82) is 0 Å². The summed E-state index contributed by atoms with van der Waals surface area (Å²) in [6.07, 6.45) is -2.94. The van der Waals surface area contributed by atoms with Gasteiger partial charge in [0.2, 0.25) is 0 Å². The highest BCUT2D eigenvalue weighted by Gasteiger charge is 2.64. The van der Waals surface area contributed by atoms with Gasteiger partial charge in [-0.15, -0.1) is 0 Å².